The number of hydrogen-bond acceptors (Lipinski definition) is 3. The van der Waals surface area contributed by atoms with E-state index in [4.69, 9.17) is 9.47 Å². The van der Waals surface area contributed by atoms with Crippen LogP contribution in [0.25, 0.3) is 0 Å². The number of carbonyl (C=O) groups excluding carboxylic acids is 1. The van der Waals surface area contributed by atoms with Crippen LogP contribution in [0.3, 0.4) is 0 Å². The Morgan fingerprint density at radius 3 is 2.96 bits per heavy atom. The van der Waals surface area contributed by atoms with Gasteiger partial charge in [-0.1, -0.05) is 42.5 Å². The highest BCUT2D eigenvalue weighted by molar-refractivity contribution is 5.82. The summed E-state index contributed by atoms with van der Waals surface area (Å²) < 4.78 is 10.3. The minimum atomic E-state index is -0.289. The maximum Gasteiger partial charge on any atom is 0.330 e. The summed E-state index contributed by atoms with van der Waals surface area (Å²) in [5.74, 6) is 0.759. The smallest absolute Gasteiger partial charge is 0.330 e. The van der Waals surface area contributed by atoms with Gasteiger partial charge in [-0.05, 0) is 49.8 Å². The van der Waals surface area contributed by atoms with Crippen LogP contribution in [-0.2, 0) is 22.4 Å². The van der Waals surface area contributed by atoms with Crippen LogP contribution in [0.1, 0.15) is 37.3 Å². The number of allylic oxidation sites excluding steroid dienone is 5. The average molecular weight is 326 g/mol. The van der Waals surface area contributed by atoms with E-state index in [1.807, 2.05) is 6.08 Å². The highest BCUT2D eigenvalue weighted by atomic mass is 16.5. The van der Waals surface area contributed by atoms with Gasteiger partial charge in [0.25, 0.3) is 0 Å². The van der Waals surface area contributed by atoms with Crippen LogP contribution in [0, 0.1) is 0 Å². The van der Waals surface area contributed by atoms with E-state index < -0.39 is 0 Å². The van der Waals surface area contributed by atoms with Crippen LogP contribution in [0.4, 0.5) is 0 Å². The molecule has 0 spiro atoms. The van der Waals surface area contributed by atoms with Gasteiger partial charge in [-0.3, -0.25) is 0 Å². The number of ether oxygens (including phenoxy) is 2. The van der Waals surface area contributed by atoms with Gasteiger partial charge in [0.2, 0.25) is 0 Å². The van der Waals surface area contributed by atoms with Crippen LogP contribution in [0.5, 0.6) is 5.75 Å². The van der Waals surface area contributed by atoms with Crippen molar-refractivity contribution in [3.8, 4) is 5.75 Å². The fourth-order valence-corrected chi connectivity index (χ4v) is 2.56. The third kappa shape index (κ3) is 6.45. The quantitative estimate of drug-likeness (QED) is 0.219. The zero-order chi connectivity index (χ0) is 17.0. The molecule has 0 bridgehead atoms. The summed E-state index contributed by atoms with van der Waals surface area (Å²) in [5.41, 5.74) is 2.68. The Labute approximate surface area is 144 Å². The summed E-state index contributed by atoms with van der Waals surface area (Å²) in [7, 11) is 0. The van der Waals surface area contributed by atoms with Crippen molar-refractivity contribution in [1.82, 2.24) is 0 Å². The lowest BCUT2D eigenvalue weighted by molar-refractivity contribution is -0.137. The average Bonchev–Trinajstić information content (AvgIpc) is 3.04. The van der Waals surface area contributed by atoms with Crippen molar-refractivity contribution in [3.63, 3.8) is 0 Å². The first-order chi connectivity index (χ1) is 11.8. The van der Waals surface area contributed by atoms with Crippen LogP contribution in [-0.4, -0.2) is 19.2 Å². The van der Waals surface area contributed by atoms with E-state index >= 15 is 0 Å². The largest absolute Gasteiger partial charge is 0.493 e. The molecule has 0 radical (unpaired) electrons. The van der Waals surface area contributed by atoms with E-state index in [0.717, 1.165) is 44.5 Å². The van der Waals surface area contributed by atoms with Gasteiger partial charge in [0, 0.05) is 12.5 Å². The second-order valence-electron chi connectivity index (χ2n) is 5.69. The molecule has 1 aliphatic rings. The Bertz CT molecular complexity index is 612. The first-order valence-corrected chi connectivity index (χ1v) is 8.69. The number of rotatable bonds is 9. The molecule has 0 saturated heterocycles. The lowest BCUT2D eigenvalue weighted by atomic mass is 10.1. The molecule has 0 atom stereocenters. The van der Waals surface area contributed by atoms with Crippen molar-refractivity contribution in [2.45, 2.75) is 39.0 Å². The Balaban J connectivity index is 1.57. The van der Waals surface area contributed by atoms with E-state index in [0.29, 0.717) is 6.61 Å². The Morgan fingerprint density at radius 1 is 1.21 bits per heavy atom. The van der Waals surface area contributed by atoms with Crippen LogP contribution >= 0.6 is 0 Å². The molecule has 2 rings (SSSR count). The molecular formula is C21H26O3. The highest BCUT2D eigenvalue weighted by Gasteiger charge is 2.11. The van der Waals surface area contributed by atoms with Gasteiger partial charge >= 0.3 is 5.97 Å². The van der Waals surface area contributed by atoms with Gasteiger partial charge in [-0.2, -0.15) is 0 Å². The van der Waals surface area contributed by atoms with Gasteiger partial charge in [0.1, 0.15) is 5.75 Å². The standard InChI is InChI=1S/C21H26O3/c1-2-23-21(22)12-10-8-6-4-3-5-7-9-11-18-13-14-20-19(17-18)15-16-24-20/h6-10,12-14,17H,2-5,11,15-16H2,1H3/b8-6+,9-7+,12-10+. The molecule has 0 saturated carbocycles. The third-order valence-corrected chi connectivity index (χ3v) is 3.78. The maximum absolute atomic E-state index is 11.1. The first-order valence-electron chi connectivity index (χ1n) is 8.69. The molecule has 0 aliphatic carbocycles. The second kappa shape index (κ2) is 10.5. The van der Waals surface area contributed by atoms with Gasteiger partial charge in [-0.15, -0.1) is 0 Å². The van der Waals surface area contributed by atoms with Gasteiger partial charge in [-0.25, -0.2) is 4.79 Å². The molecule has 0 N–H and O–H groups in total. The van der Waals surface area contributed by atoms with Crippen molar-refractivity contribution in [1.29, 1.82) is 0 Å². The number of hydrogen-bond donors (Lipinski definition) is 0. The summed E-state index contributed by atoms with van der Waals surface area (Å²) in [5, 5.41) is 0. The Morgan fingerprint density at radius 2 is 2.08 bits per heavy atom. The molecule has 1 aromatic carbocycles. The molecule has 3 heteroatoms. The zero-order valence-corrected chi connectivity index (χ0v) is 14.4. The normalized spacial score (nSPS) is 13.7. The van der Waals surface area contributed by atoms with E-state index in [2.05, 4.69) is 36.4 Å². The summed E-state index contributed by atoms with van der Waals surface area (Å²) in [6.07, 6.45) is 16.8. The minimum Gasteiger partial charge on any atom is -0.493 e. The number of esters is 1. The lowest BCUT2D eigenvalue weighted by Crippen LogP contribution is -1.98. The topological polar surface area (TPSA) is 35.5 Å². The molecule has 128 valence electrons. The number of unbranched alkanes of at least 4 members (excludes halogenated alkanes) is 2. The van der Waals surface area contributed by atoms with Gasteiger partial charge in [0.05, 0.1) is 13.2 Å². The van der Waals surface area contributed by atoms with Crippen molar-refractivity contribution >= 4 is 5.97 Å². The minimum absolute atomic E-state index is 0.289. The van der Waals surface area contributed by atoms with Crippen LogP contribution in [0.15, 0.2) is 54.7 Å². The van der Waals surface area contributed by atoms with Crippen molar-refractivity contribution in [2.75, 3.05) is 13.2 Å². The molecule has 1 aromatic rings. The number of carbonyl (C=O) groups is 1. The monoisotopic (exact) mass is 326 g/mol. The molecule has 0 fully saturated rings. The maximum atomic E-state index is 11.1. The second-order valence-corrected chi connectivity index (χ2v) is 5.69. The predicted molar refractivity (Wildman–Crippen MR) is 97.2 cm³/mol. The lowest BCUT2D eigenvalue weighted by Gasteiger charge is -2.01. The summed E-state index contributed by atoms with van der Waals surface area (Å²) in [6, 6.07) is 6.48. The molecular weight excluding hydrogens is 300 g/mol. The van der Waals surface area contributed by atoms with Crippen molar-refractivity contribution in [2.24, 2.45) is 0 Å². The summed E-state index contributed by atoms with van der Waals surface area (Å²) >= 11 is 0. The van der Waals surface area contributed by atoms with E-state index in [1.54, 1.807) is 13.0 Å². The van der Waals surface area contributed by atoms with E-state index in [1.165, 1.54) is 17.2 Å². The van der Waals surface area contributed by atoms with E-state index in [9.17, 15) is 4.79 Å². The first kappa shape index (κ1) is 18.1. The van der Waals surface area contributed by atoms with Gasteiger partial charge in [0.15, 0.2) is 0 Å². The van der Waals surface area contributed by atoms with Crippen molar-refractivity contribution < 1.29 is 14.3 Å². The Hall–Kier alpha value is -2.29. The SMILES string of the molecule is CCOC(=O)/C=C/C=C/CCC/C=C/Cc1ccc2c(c1)CCO2. The molecule has 3 nitrogen and oxygen atoms in total. The Kier molecular flexibility index (Phi) is 7.88. The van der Waals surface area contributed by atoms with Crippen molar-refractivity contribution in [3.05, 3.63) is 65.8 Å². The summed E-state index contributed by atoms with van der Waals surface area (Å²) in [6.45, 7) is 3.03. The van der Waals surface area contributed by atoms with Crippen LogP contribution in [0.2, 0.25) is 0 Å². The molecule has 1 heterocycles. The molecule has 24 heavy (non-hydrogen) atoms. The summed E-state index contributed by atoms with van der Waals surface area (Å²) in [4.78, 5) is 11.1. The molecule has 0 unspecified atom stereocenters. The molecule has 1 aliphatic heterocycles. The van der Waals surface area contributed by atoms with E-state index in [-0.39, 0.29) is 5.97 Å². The highest BCUT2D eigenvalue weighted by Crippen LogP contribution is 2.26. The molecule has 0 amide bonds. The fourth-order valence-electron chi connectivity index (χ4n) is 2.56. The fraction of sp³-hybridized carbons (Fsp3) is 0.381. The predicted octanol–water partition coefficient (Wildman–Crippen LogP) is 4.57. The van der Waals surface area contributed by atoms with Crippen LogP contribution < -0.4 is 4.74 Å². The molecule has 0 aromatic heterocycles. The number of benzene rings is 1. The zero-order valence-electron chi connectivity index (χ0n) is 14.4. The van der Waals surface area contributed by atoms with Gasteiger partial charge < -0.3 is 9.47 Å². The third-order valence-electron chi connectivity index (χ3n) is 3.78. The number of fused-ring (bicyclic) bond motifs is 1.